The predicted molar refractivity (Wildman–Crippen MR) is 123 cm³/mol. The molecule has 4 nitrogen and oxygen atoms in total. The average molecular weight is 409 g/mol. The molecule has 0 saturated heterocycles. The highest BCUT2D eigenvalue weighted by molar-refractivity contribution is 5.79. The molecule has 162 valence electrons. The molecule has 3 rings (SSSR count). The van der Waals surface area contributed by atoms with Crippen LogP contribution in [0, 0.1) is 11.8 Å². The normalized spacial score (nSPS) is 15.4. The average Bonchev–Trinajstić information content (AvgIpc) is 3.57. The third-order valence-corrected chi connectivity index (χ3v) is 5.62. The van der Waals surface area contributed by atoms with Gasteiger partial charge in [-0.1, -0.05) is 62.7 Å². The molecule has 0 bridgehead atoms. The smallest absolute Gasteiger partial charge is 0.224 e. The summed E-state index contributed by atoms with van der Waals surface area (Å²) < 4.78 is 5.93. The second-order valence-electron chi connectivity index (χ2n) is 8.66. The van der Waals surface area contributed by atoms with Crippen molar-refractivity contribution in [3.63, 3.8) is 0 Å². The minimum absolute atomic E-state index is 0.0481. The zero-order valence-electron chi connectivity index (χ0n) is 18.4. The molecule has 1 saturated carbocycles. The summed E-state index contributed by atoms with van der Waals surface area (Å²) in [7, 11) is 0. The third kappa shape index (κ3) is 7.83. The Morgan fingerprint density at radius 2 is 1.83 bits per heavy atom. The molecule has 0 spiro atoms. The number of hydrogen-bond donors (Lipinski definition) is 2. The summed E-state index contributed by atoms with van der Waals surface area (Å²) in [5.41, 5.74) is 2.14. The highest BCUT2D eigenvalue weighted by atomic mass is 16.5. The molecule has 0 aliphatic heterocycles. The first-order valence-corrected chi connectivity index (χ1v) is 11.4. The molecule has 2 aromatic rings. The van der Waals surface area contributed by atoms with Crippen molar-refractivity contribution in [2.24, 2.45) is 11.8 Å². The molecule has 2 N–H and O–H groups in total. The van der Waals surface area contributed by atoms with E-state index in [4.69, 9.17) is 4.74 Å². The lowest BCUT2D eigenvalue weighted by atomic mass is 10.1. The fourth-order valence-corrected chi connectivity index (χ4v) is 3.64. The van der Waals surface area contributed by atoms with Gasteiger partial charge in [0.25, 0.3) is 0 Å². The fraction of sp³-hybridized carbons (Fsp3) is 0.500. The van der Waals surface area contributed by atoms with Crippen LogP contribution >= 0.6 is 0 Å². The van der Waals surface area contributed by atoms with Crippen LogP contribution < -0.4 is 15.4 Å². The number of hydrogen-bond acceptors (Lipinski definition) is 3. The van der Waals surface area contributed by atoms with Crippen LogP contribution in [0.15, 0.2) is 54.6 Å². The second-order valence-corrected chi connectivity index (χ2v) is 8.66. The van der Waals surface area contributed by atoms with E-state index in [1.165, 1.54) is 25.7 Å². The van der Waals surface area contributed by atoms with Gasteiger partial charge in [-0.2, -0.15) is 0 Å². The predicted octanol–water partition coefficient (Wildman–Crippen LogP) is 4.90. The Hall–Kier alpha value is -2.33. The fourth-order valence-electron chi connectivity index (χ4n) is 3.64. The van der Waals surface area contributed by atoms with E-state index >= 15 is 0 Å². The van der Waals surface area contributed by atoms with E-state index in [1.807, 2.05) is 42.5 Å². The standard InChI is InChI=1S/C26H36N2O2/c1-3-7-20(2)19-30-24-14-12-23(13-15-24)25(18-27-17-22-10-11-22)28-26(29)16-21-8-5-4-6-9-21/h4-6,8-9,12-15,20,22,25,27H,3,7,10-11,16-19H2,1-2H3,(H,28,29). The number of ether oxygens (including phenoxy) is 1. The van der Waals surface area contributed by atoms with Crippen molar-refractivity contribution in [1.82, 2.24) is 10.6 Å². The van der Waals surface area contributed by atoms with E-state index in [2.05, 4.69) is 36.6 Å². The van der Waals surface area contributed by atoms with Gasteiger partial charge in [-0.05, 0) is 60.9 Å². The maximum atomic E-state index is 12.6. The van der Waals surface area contributed by atoms with Crippen LogP contribution in [-0.2, 0) is 11.2 Å². The molecule has 0 aromatic heterocycles. The highest BCUT2D eigenvalue weighted by Crippen LogP contribution is 2.27. The van der Waals surface area contributed by atoms with Crippen LogP contribution in [0.5, 0.6) is 5.75 Å². The monoisotopic (exact) mass is 408 g/mol. The van der Waals surface area contributed by atoms with Crippen LogP contribution in [0.3, 0.4) is 0 Å². The number of benzene rings is 2. The van der Waals surface area contributed by atoms with Crippen molar-refractivity contribution in [1.29, 1.82) is 0 Å². The van der Waals surface area contributed by atoms with E-state index in [9.17, 15) is 4.79 Å². The quantitative estimate of drug-likeness (QED) is 0.496. The van der Waals surface area contributed by atoms with Gasteiger partial charge in [0.1, 0.15) is 5.75 Å². The second kappa shape index (κ2) is 11.8. The Bertz CT molecular complexity index is 756. The summed E-state index contributed by atoms with van der Waals surface area (Å²) in [6.07, 6.45) is 5.40. The zero-order chi connectivity index (χ0) is 21.2. The molecule has 2 aromatic carbocycles. The molecular weight excluding hydrogens is 372 g/mol. The molecule has 30 heavy (non-hydrogen) atoms. The minimum Gasteiger partial charge on any atom is -0.493 e. The van der Waals surface area contributed by atoms with Crippen LogP contribution in [0.25, 0.3) is 0 Å². The Balaban J connectivity index is 1.58. The van der Waals surface area contributed by atoms with Gasteiger partial charge < -0.3 is 15.4 Å². The lowest BCUT2D eigenvalue weighted by Gasteiger charge is -2.21. The van der Waals surface area contributed by atoms with E-state index in [0.717, 1.165) is 42.5 Å². The van der Waals surface area contributed by atoms with Crippen molar-refractivity contribution >= 4 is 5.91 Å². The van der Waals surface area contributed by atoms with Gasteiger partial charge in [0, 0.05) is 6.54 Å². The van der Waals surface area contributed by atoms with Crippen molar-refractivity contribution in [3.8, 4) is 5.75 Å². The lowest BCUT2D eigenvalue weighted by molar-refractivity contribution is -0.121. The summed E-state index contributed by atoms with van der Waals surface area (Å²) in [4.78, 5) is 12.6. The highest BCUT2D eigenvalue weighted by Gasteiger charge is 2.22. The third-order valence-electron chi connectivity index (χ3n) is 5.62. The van der Waals surface area contributed by atoms with E-state index in [-0.39, 0.29) is 11.9 Å². The van der Waals surface area contributed by atoms with E-state index in [1.54, 1.807) is 0 Å². The number of rotatable bonds is 13. The molecule has 1 aliphatic carbocycles. The molecule has 2 unspecified atom stereocenters. The van der Waals surface area contributed by atoms with Crippen molar-refractivity contribution in [3.05, 3.63) is 65.7 Å². The van der Waals surface area contributed by atoms with Gasteiger partial charge in [-0.3, -0.25) is 4.79 Å². The van der Waals surface area contributed by atoms with Gasteiger partial charge >= 0.3 is 0 Å². The first kappa shape index (κ1) is 22.4. The summed E-state index contributed by atoms with van der Waals surface area (Å²) in [6.45, 7) is 6.94. The molecule has 0 radical (unpaired) electrons. The molecule has 1 aliphatic rings. The zero-order valence-corrected chi connectivity index (χ0v) is 18.4. The number of carbonyl (C=O) groups excluding carboxylic acids is 1. The van der Waals surface area contributed by atoms with Gasteiger partial charge in [-0.15, -0.1) is 0 Å². The summed E-state index contributed by atoms with van der Waals surface area (Å²) in [5.74, 6) is 2.31. The first-order chi connectivity index (χ1) is 14.6. The summed E-state index contributed by atoms with van der Waals surface area (Å²) in [5, 5.41) is 6.76. The molecule has 4 heteroatoms. The van der Waals surface area contributed by atoms with Crippen LogP contribution in [0.4, 0.5) is 0 Å². The first-order valence-electron chi connectivity index (χ1n) is 11.4. The topological polar surface area (TPSA) is 50.4 Å². The molecular formula is C26H36N2O2. The Labute approximate surface area is 181 Å². The number of carbonyl (C=O) groups is 1. The number of nitrogens with one attached hydrogen (secondary N) is 2. The van der Waals surface area contributed by atoms with Crippen LogP contribution in [-0.4, -0.2) is 25.6 Å². The van der Waals surface area contributed by atoms with Gasteiger partial charge in [0.05, 0.1) is 19.1 Å². The Morgan fingerprint density at radius 3 is 2.50 bits per heavy atom. The maximum Gasteiger partial charge on any atom is 0.224 e. The molecule has 2 atom stereocenters. The lowest BCUT2D eigenvalue weighted by Crippen LogP contribution is -2.37. The van der Waals surface area contributed by atoms with Crippen molar-refractivity contribution in [2.45, 2.75) is 52.0 Å². The van der Waals surface area contributed by atoms with Crippen LogP contribution in [0.2, 0.25) is 0 Å². The van der Waals surface area contributed by atoms with Crippen molar-refractivity contribution < 1.29 is 9.53 Å². The number of amides is 1. The van der Waals surface area contributed by atoms with Gasteiger partial charge in [0.15, 0.2) is 0 Å². The van der Waals surface area contributed by atoms with E-state index < -0.39 is 0 Å². The summed E-state index contributed by atoms with van der Waals surface area (Å²) >= 11 is 0. The Kier molecular flexibility index (Phi) is 8.76. The largest absolute Gasteiger partial charge is 0.493 e. The van der Waals surface area contributed by atoms with Crippen molar-refractivity contribution in [2.75, 3.05) is 19.7 Å². The van der Waals surface area contributed by atoms with Gasteiger partial charge in [0.2, 0.25) is 5.91 Å². The van der Waals surface area contributed by atoms with E-state index in [0.29, 0.717) is 12.3 Å². The summed E-state index contributed by atoms with van der Waals surface area (Å²) in [6, 6.07) is 18.0. The van der Waals surface area contributed by atoms with Crippen LogP contribution in [0.1, 0.15) is 56.7 Å². The molecule has 1 amide bonds. The minimum atomic E-state index is -0.0481. The molecule has 0 heterocycles. The molecule has 1 fully saturated rings. The SMILES string of the molecule is CCCC(C)COc1ccc(C(CNCC2CC2)NC(=O)Cc2ccccc2)cc1. The Morgan fingerprint density at radius 1 is 1.10 bits per heavy atom. The maximum absolute atomic E-state index is 12.6. The van der Waals surface area contributed by atoms with Gasteiger partial charge in [-0.25, -0.2) is 0 Å².